The topological polar surface area (TPSA) is 132 Å². The highest BCUT2D eigenvalue weighted by Crippen LogP contribution is 2.33. The summed E-state index contributed by atoms with van der Waals surface area (Å²) in [5.41, 5.74) is 5.21. The normalized spacial score (nSPS) is 25.4. The van der Waals surface area contributed by atoms with Crippen molar-refractivity contribution in [1.82, 2.24) is 14.5 Å². The van der Waals surface area contributed by atoms with Gasteiger partial charge in [-0.05, 0) is 13.3 Å². The van der Waals surface area contributed by atoms with Gasteiger partial charge in [-0.25, -0.2) is 0 Å². The van der Waals surface area contributed by atoms with E-state index in [-0.39, 0.29) is 28.5 Å². The number of anilines is 1. The molecule has 9 nitrogen and oxygen atoms in total. The van der Waals surface area contributed by atoms with E-state index in [2.05, 4.69) is 9.97 Å². The minimum Gasteiger partial charge on any atom is -0.388 e. The van der Waals surface area contributed by atoms with E-state index in [4.69, 9.17) is 15.2 Å². The molecule has 3 heterocycles. The predicted molar refractivity (Wildman–Crippen MR) is 89.2 cm³/mol. The van der Waals surface area contributed by atoms with Crippen LogP contribution in [0.25, 0.3) is 10.3 Å². The van der Waals surface area contributed by atoms with Crippen LogP contribution in [-0.4, -0.2) is 44.6 Å². The summed E-state index contributed by atoms with van der Waals surface area (Å²) in [6.07, 6.45) is -1.26. The smallest absolute Gasteiger partial charge is 0.311 e. The lowest BCUT2D eigenvalue weighted by Gasteiger charge is -2.22. The molecular weight excluding hydrogens is 336 g/mol. The molecule has 0 saturated carbocycles. The fraction of sp³-hybridized carbons (Fsp3) is 0.643. The van der Waals surface area contributed by atoms with Gasteiger partial charge in [-0.1, -0.05) is 18.3 Å². The minimum absolute atomic E-state index is 0.0937. The number of aromatic nitrogens is 3. The number of fused-ring (bicyclic) bond motifs is 1. The van der Waals surface area contributed by atoms with E-state index in [0.717, 1.165) is 17.8 Å². The third kappa shape index (κ3) is 2.86. The lowest BCUT2D eigenvalue weighted by atomic mass is 10.1. The number of nitrogens with one attached hydrogen (secondary N) is 1. The van der Waals surface area contributed by atoms with Gasteiger partial charge in [0.1, 0.15) is 10.8 Å². The van der Waals surface area contributed by atoms with Crippen LogP contribution in [0, 0.1) is 0 Å². The molecule has 2 aromatic rings. The minimum atomic E-state index is -0.917. The summed E-state index contributed by atoms with van der Waals surface area (Å²) in [6.45, 7) is 4.40. The molecule has 4 atom stereocenters. The van der Waals surface area contributed by atoms with Crippen molar-refractivity contribution in [1.29, 1.82) is 0 Å². The largest absolute Gasteiger partial charge is 0.388 e. The van der Waals surface area contributed by atoms with Gasteiger partial charge in [0.25, 0.3) is 5.56 Å². The van der Waals surface area contributed by atoms with E-state index < -0.39 is 22.8 Å². The molecule has 24 heavy (non-hydrogen) atoms. The van der Waals surface area contributed by atoms with E-state index >= 15 is 0 Å². The zero-order chi connectivity index (χ0) is 17.4. The van der Waals surface area contributed by atoms with E-state index in [9.17, 15) is 14.7 Å². The van der Waals surface area contributed by atoms with E-state index in [1.807, 2.05) is 13.8 Å². The molecule has 0 radical (unpaired) electrons. The molecule has 0 unspecified atom stereocenters. The van der Waals surface area contributed by atoms with Crippen molar-refractivity contribution < 1.29 is 14.6 Å². The van der Waals surface area contributed by atoms with E-state index in [1.54, 1.807) is 0 Å². The van der Waals surface area contributed by atoms with Crippen LogP contribution in [0.15, 0.2) is 9.59 Å². The second-order valence-corrected chi connectivity index (χ2v) is 6.57. The molecule has 1 fully saturated rings. The van der Waals surface area contributed by atoms with Crippen LogP contribution in [0.3, 0.4) is 0 Å². The number of aromatic amines is 1. The first-order chi connectivity index (χ1) is 11.5. The number of rotatable bonds is 5. The monoisotopic (exact) mass is 356 g/mol. The number of nitrogen functional groups attached to an aromatic ring is 1. The summed E-state index contributed by atoms with van der Waals surface area (Å²) < 4.78 is 12.9. The van der Waals surface area contributed by atoms with Crippen molar-refractivity contribution in [2.24, 2.45) is 0 Å². The summed E-state index contributed by atoms with van der Waals surface area (Å²) in [4.78, 5) is 30.2. The molecule has 132 valence electrons. The van der Waals surface area contributed by atoms with Crippen LogP contribution in [0.4, 0.5) is 5.95 Å². The molecule has 10 heteroatoms. The second kappa shape index (κ2) is 6.63. The van der Waals surface area contributed by atoms with Gasteiger partial charge in [0, 0.05) is 13.0 Å². The first-order valence-electron chi connectivity index (χ1n) is 7.82. The van der Waals surface area contributed by atoms with Crippen LogP contribution in [0.1, 0.15) is 32.9 Å². The number of hydrogen-bond acceptors (Lipinski definition) is 8. The van der Waals surface area contributed by atoms with Gasteiger partial charge in [0.2, 0.25) is 5.95 Å². The van der Waals surface area contributed by atoms with Gasteiger partial charge in [-0.2, -0.15) is 4.98 Å². The maximum Gasteiger partial charge on any atom is 0.311 e. The number of H-pyrrole nitrogens is 1. The Kier molecular flexibility index (Phi) is 4.72. The zero-order valence-electron chi connectivity index (χ0n) is 13.4. The number of hydrogen-bond donors (Lipinski definition) is 3. The lowest BCUT2D eigenvalue weighted by Crippen LogP contribution is -2.30. The Bertz CT molecular complexity index is 844. The van der Waals surface area contributed by atoms with Crippen molar-refractivity contribution in [3.8, 4) is 0 Å². The fourth-order valence-electron chi connectivity index (χ4n) is 3.02. The number of nitrogens with zero attached hydrogens (tertiary/aromatic N) is 2. The van der Waals surface area contributed by atoms with Gasteiger partial charge >= 0.3 is 4.87 Å². The van der Waals surface area contributed by atoms with E-state index in [0.29, 0.717) is 13.0 Å². The first kappa shape index (κ1) is 17.1. The number of aliphatic hydroxyl groups is 1. The summed E-state index contributed by atoms with van der Waals surface area (Å²) in [5.74, 6) is -0.0937. The van der Waals surface area contributed by atoms with Gasteiger partial charge in [-0.15, -0.1) is 0 Å². The van der Waals surface area contributed by atoms with Gasteiger partial charge in [0.15, 0.2) is 11.9 Å². The summed E-state index contributed by atoms with van der Waals surface area (Å²) >= 11 is 0.752. The summed E-state index contributed by atoms with van der Waals surface area (Å²) in [6, 6.07) is 0. The third-order valence-electron chi connectivity index (χ3n) is 4.06. The quantitative estimate of drug-likeness (QED) is 0.696. The van der Waals surface area contributed by atoms with Crippen LogP contribution < -0.4 is 16.2 Å². The highest BCUT2D eigenvalue weighted by Gasteiger charge is 2.40. The zero-order valence-corrected chi connectivity index (χ0v) is 14.2. The lowest BCUT2D eigenvalue weighted by molar-refractivity contribution is -0.0941. The second-order valence-electron chi connectivity index (χ2n) is 5.61. The van der Waals surface area contributed by atoms with Crippen molar-refractivity contribution in [3.05, 3.63) is 20.0 Å². The van der Waals surface area contributed by atoms with Gasteiger partial charge in [-0.3, -0.25) is 19.1 Å². The van der Waals surface area contributed by atoms with Crippen molar-refractivity contribution >= 4 is 27.6 Å². The predicted octanol–water partition coefficient (Wildman–Crippen LogP) is 0.192. The molecule has 4 N–H and O–H groups in total. The number of ether oxygens (including phenoxy) is 2. The third-order valence-corrected chi connectivity index (χ3v) is 5.00. The molecule has 3 rings (SSSR count). The summed E-state index contributed by atoms with van der Waals surface area (Å²) in [5, 5.41) is 10.4. The Morgan fingerprint density at radius 1 is 1.54 bits per heavy atom. The van der Waals surface area contributed by atoms with Gasteiger partial charge in [0.05, 0.1) is 12.2 Å². The average molecular weight is 356 g/mol. The Labute approximate surface area is 141 Å². The Balaban J connectivity index is 2.00. The molecule has 1 aliphatic rings. The fourth-order valence-corrected chi connectivity index (χ4v) is 3.87. The maximum absolute atomic E-state index is 12.3. The molecule has 0 amide bonds. The molecular formula is C14H20N4O5S. The maximum atomic E-state index is 12.3. The van der Waals surface area contributed by atoms with Crippen LogP contribution in [0.2, 0.25) is 0 Å². The number of nitrogens with two attached hydrogens (primary N) is 1. The highest BCUT2D eigenvalue weighted by atomic mass is 32.1. The molecule has 2 aromatic heterocycles. The first-order valence-corrected chi connectivity index (χ1v) is 8.63. The standard InChI is InChI=1S/C14H20N4O5S/c1-3-7(22-4-2)8-5-6(19)12(23-8)18-10-9(24-14(18)21)11(20)17-13(15)16-10/h6-8,12,19H,3-5H2,1-2H3,(H3,15,16,17,20)/t6-,7+,8+,12-/m1/s1. The van der Waals surface area contributed by atoms with Gasteiger partial charge < -0.3 is 20.3 Å². The Hall–Kier alpha value is -1.75. The molecule has 0 aromatic carbocycles. The highest BCUT2D eigenvalue weighted by molar-refractivity contribution is 7.16. The van der Waals surface area contributed by atoms with Crippen molar-refractivity contribution in [2.75, 3.05) is 12.3 Å². The van der Waals surface area contributed by atoms with Crippen LogP contribution in [0.5, 0.6) is 0 Å². The molecule has 1 saturated heterocycles. The van der Waals surface area contributed by atoms with Crippen LogP contribution in [-0.2, 0) is 9.47 Å². The Morgan fingerprint density at radius 3 is 2.96 bits per heavy atom. The molecule has 1 aliphatic heterocycles. The molecule has 0 bridgehead atoms. The Morgan fingerprint density at radius 2 is 2.29 bits per heavy atom. The van der Waals surface area contributed by atoms with E-state index in [1.165, 1.54) is 4.57 Å². The molecule has 0 spiro atoms. The summed E-state index contributed by atoms with van der Waals surface area (Å²) in [7, 11) is 0. The number of thiazole rings is 1. The number of aliphatic hydroxyl groups excluding tert-OH is 1. The van der Waals surface area contributed by atoms with Crippen molar-refractivity contribution in [3.63, 3.8) is 0 Å². The SMILES string of the molecule is CCO[C@@H](CC)[C@@H]1C[C@@H](O)[C@H](n2c(=O)sc3c(=O)[nH]c(N)nc32)O1. The average Bonchev–Trinajstić information content (AvgIpc) is 3.04. The molecule has 0 aliphatic carbocycles. The van der Waals surface area contributed by atoms with Crippen LogP contribution >= 0.6 is 11.3 Å². The van der Waals surface area contributed by atoms with Crippen molar-refractivity contribution in [2.45, 2.75) is 51.2 Å².